The van der Waals surface area contributed by atoms with Crippen molar-refractivity contribution < 1.29 is 9.18 Å². The fourth-order valence-corrected chi connectivity index (χ4v) is 4.02. The van der Waals surface area contributed by atoms with E-state index in [1.165, 1.54) is 12.3 Å². The predicted octanol–water partition coefficient (Wildman–Crippen LogP) is 3.49. The van der Waals surface area contributed by atoms with E-state index >= 15 is 0 Å². The topological polar surface area (TPSA) is 36.4 Å². The molecule has 0 saturated carbocycles. The van der Waals surface area contributed by atoms with Crippen LogP contribution in [-0.2, 0) is 4.79 Å². The van der Waals surface area contributed by atoms with Gasteiger partial charge in [-0.15, -0.1) is 0 Å². The number of anilines is 1. The van der Waals surface area contributed by atoms with Gasteiger partial charge in [0.2, 0.25) is 5.91 Å². The van der Waals surface area contributed by atoms with Crippen LogP contribution in [0.1, 0.15) is 39.5 Å². The number of pyridine rings is 1. The van der Waals surface area contributed by atoms with Crippen molar-refractivity contribution in [3.63, 3.8) is 0 Å². The van der Waals surface area contributed by atoms with Gasteiger partial charge in [0, 0.05) is 43.7 Å². The summed E-state index contributed by atoms with van der Waals surface area (Å²) in [7, 11) is 0. The van der Waals surface area contributed by atoms with Crippen molar-refractivity contribution in [2.24, 2.45) is 5.41 Å². The highest BCUT2D eigenvalue weighted by Crippen LogP contribution is 2.40. The van der Waals surface area contributed by atoms with Crippen LogP contribution in [0.3, 0.4) is 0 Å². The molecule has 2 saturated heterocycles. The van der Waals surface area contributed by atoms with Crippen molar-refractivity contribution >= 4 is 23.3 Å². The van der Waals surface area contributed by atoms with Crippen LogP contribution in [0.25, 0.3) is 0 Å². The van der Waals surface area contributed by atoms with Crippen molar-refractivity contribution in [3.8, 4) is 0 Å². The van der Waals surface area contributed by atoms with E-state index in [9.17, 15) is 9.18 Å². The second-order valence-corrected chi connectivity index (χ2v) is 7.54. The Labute approximate surface area is 141 Å². The molecule has 0 N–H and O–H groups in total. The molecule has 0 radical (unpaired) electrons. The number of amides is 1. The lowest BCUT2D eigenvalue weighted by atomic mass is 9.73. The van der Waals surface area contributed by atoms with Crippen LogP contribution in [-0.4, -0.2) is 41.5 Å². The normalized spacial score (nSPS) is 25.5. The fourth-order valence-electron chi connectivity index (χ4n) is 3.88. The van der Waals surface area contributed by atoms with Gasteiger partial charge in [-0.05, 0) is 39.2 Å². The summed E-state index contributed by atoms with van der Waals surface area (Å²) in [5.74, 6) is 0.238. The average molecular weight is 340 g/mol. The molecular formula is C17H23ClFN3O. The second kappa shape index (κ2) is 6.27. The molecule has 1 atom stereocenters. The summed E-state index contributed by atoms with van der Waals surface area (Å²) in [6.07, 6.45) is 5.02. The van der Waals surface area contributed by atoms with E-state index in [2.05, 4.69) is 18.8 Å². The number of hydrogen-bond acceptors (Lipinski definition) is 3. The average Bonchev–Trinajstić information content (AvgIpc) is 2.50. The first-order valence-electron chi connectivity index (χ1n) is 8.26. The Balaban J connectivity index is 1.81. The molecule has 2 fully saturated rings. The second-order valence-electron chi connectivity index (χ2n) is 7.10. The first kappa shape index (κ1) is 16.5. The number of likely N-dealkylation sites (tertiary alicyclic amines) is 1. The van der Waals surface area contributed by atoms with Gasteiger partial charge in [0.25, 0.3) is 0 Å². The van der Waals surface area contributed by atoms with E-state index in [0.29, 0.717) is 17.3 Å². The van der Waals surface area contributed by atoms with Crippen molar-refractivity contribution in [2.45, 2.75) is 45.6 Å². The number of carbonyl (C=O) groups excluding carboxylic acids is 1. The molecule has 2 aliphatic rings. The first-order chi connectivity index (χ1) is 10.9. The number of carbonyl (C=O) groups is 1. The molecule has 1 aromatic heterocycles. The van der Waals surface area contributed by atoms with Gasteiger partial charge in [0.15, 0.2) is 11.6 Å². The Morgan fingerprint density at radius 1 is 1.35 bits per heavy atom. The molecule has 0 aliphatic carbocycles. The quantitative estimate of drug-likeness (QED) is 0.827. The van der Waals surface area contributed by atoms with Crippen molar-refractivity contribution in [3.05, 3.63) is 23.1 Å². The number of hydrogen-bond donors (Lipinski definition) is 0. The van der Waals surface area contributed by atoms with Crippen LogP contribution in [0.2, 0.25) is 5.02 Å². The molecule has 3 rings (SSSR count). The molecule has 4 nitrogen and oxygen atoms in total. The maximum atomic E-state index is 14.2. The van der Waals surface area contributed by atoms with Gasteiger partial charge >= 0.3 is 0 Å². The van der Waals surface area contributed by atoms with Crippen molar-refractivity contribution in [2.75, 3.05) is 24.5 Å². The minimum Gasteiger partial charge on any atom is -0.354 e. The minimum atomic E-state index is -0.373. The molecule has 0 aromatic carbocycles. The number of piperidine rings is 2. The van der Waals surface area contributed by atoms with Gasteiger partial charge in [-0.25, -0.2) is 9.37 Å². The summed E-state index contributed by atoms with van der Waals surface area (Å²) in [5, 5.41) is 0.312. The predicted molar refractivity (Wildman–Crippen MR) is 89.2 cm³/mol. The molecule has 6 heteroatoms. The minimum absolute atomic E-state index is 0.0458. The summed E-state index contributed by atoms with van der Waals surface area (Å²) >= 11 is 5.80. The van der Waals surface area contributed by atoms with Crippen LogP contribution < -0.4 is 4.90 Å². The van der Waals surface area contributed by atoms with Crippen LogP contribution in [0.5, 0.6) is 0 Å². The standard InChI is InChI=1S/C17H23ClFN3O/c1-12(2)22-11-17(6-4-15(22)23)5-3-7-21(10-17)16-14(19)8-13(18)9-20-16/h8-9,12H,3-7,10-11H2,1-2H3/t17-/m1/s1. The Kier molecular flexibility index (Phi) is 4.50. The highest BCUT2D eigenvalue weighted by Gasteiger charge is 2.42. The molecule has 1 aromatic rings. The van der Waals surface area contributed by atoms with E-state index in [0.717, 1.165) is 38.9 Å². The molecule has 3 heterocycles. The van der Waals surface area contributed by atoms with E-state index in [1.807, 2.05) is 9.80 Å². The van der Waals surface area contributed by atoms with Gasteiger partial charge in [0.05, 0.1) is 5.02 Å². The van der Waals surface area contributed by atoms with Crippen LogP contribution in [0.15, 0.2) is 12.3 Å². The SMILES string of the molecule is CC(C)N1C[C@]2(CCCN(c3ncc(Cl)cc3F)C2)CCC1=O. The Hall–Kier alpha value is -1.36. The molecule has 126 valence electrons. The molecule has 0 unspecified atom stereocenters. The summed E-state index contributed by atoms with van der Waals surface area (Å²) in [4.78, 5) is 20.3. The molecular weight excluding hydrogens is 317 g/mol. The van der Waals surface area contributed by atoms with E-state index < -0.39 is 0 Å². The molecule has 23 heavy (non-hydrogen) atoms. The smallest absolute Gasteiger partial charge is 0.222 e. The van der Waals surface area contributed by atoms with Crippen molar-refractivity contribution in [1.29, 1.82) is 0 Å². The third kappa shape index (κ3) is 3.30. The summed E-state index contributed by atoms with van der Waals surface area (Å²) in [6.45, 7) is 6.41. The van der Waals surface area contributed by atoms with Crippen molar-refractivity contribution in [1.82, 2.24) is 9.88 Å². The Morgan fingerprint density at radius 2 is 2.13 bits per heavy atom. The molecule has 2 aliphatic heterocycles. The highest BCUT2D eigenvalue weighted by molar-refractivity contribution is 6.30. The van der Waals surface area contributed by atoms with Gasteiger partial charge < -0.3 is 9.80 Å². The maximum absolute atomic E-state index is 14.2. The summed E-state index contributed by atoms with van der Waals surface area (Å²) in [5.41, 5.74) is 0.0458. The van der Waals surface area contributed by atoms with Crippen LogP contribution in [0.4, 0.5) is 10.2 Å². The van der Waals surface area contributed by atoms with E-state index in [4.69, 9.17) is 11.6 Å². The highest BCUT2D eigenvalue weighted by atomic mass is 35.5. The van der Waals surface area contributed by atoms with E-state index in [1.54, 1.807) is 0 Å². The van der Waals surface area contributed by atoms with Crippen LogP contribution in [0, 0.1) is 11.2 Å². The fraction of sp³-hybridized carbons (Fsp3) is 0.647. The third-order valence-corrected chi connectivity index (χ3v) is 5.27. The van der Waals surface area contributed by atoms with Gasteiger partial charge in [-0.1, -0.05) is 11.6 Å². The lowest BCUT2D eigenvalue weighted by Crippen LogP contribution is -2.55. The third-order valence-electron chi connectivity index (χ3n) is 5.07. The van der Waals surface area contributed by atoms with Gasteiger partial charge in [-0.2, -0.15) is 0 Å². The van der Waals surface area contributed by atoms with Gasteiger partial charge in [0.1, 0.15) is 0 Å². The van der Waals surface area contributed by atoms with Gasteiger partial charge in [-0.3, -0.25) is 4.79 Å². The maximum Gasteiger partial charge on any atom is 0.222 e. The molecule has 1 amide bonds. The number of nitrogens with zero attached hydrogens (tertiary/aromatic N) is 3. The number of halogens is 2. The Bertz CT molecular complexity index is 610. The largest absolute Gasteiger partial charge is 0.354 e. The zero-order valence-corrected chi connectivity index (χ0v) is 14.4. The van der Waals surface area contributed by atoms with E-state index in [-0.39, 0.29) is 23.2 Å². The van der Waals surface area contributed by atoms with Crippen LogP contribution >= 0.6 is 11.6 Å². The Morgan fingerprint density at radius 3 is 2.83 bits per heavy atom. The zero-order chi connectivity index (χ0) is 16.6. The first-order valence-corrected chi connectivity index (χ1v) is 8.63. The summed E-state index contributed by atoms with van der Waals surface area (Å²) < 4.78 is 14.2. The number of aromatic nitrogens is 1. The molecule has 0 bridgehead atoms. The number of rotatable bonds is 2. The zero-order valence-electron chi connectivity index (χ0n) is 13.7. The lowest BCUT2D eigenvalue weighted by Gasteiger charge is -2.49. The lowest BCUT2D eigenvalue weighted by molar-refractivity contribution is -0.140. The monoisotopic (exact) mass is 339 g/mol. The summed E-state index contributed by atoms with van der Waals surface area (Å²) in [6, 6.07) is 1.52. The molecule has 1 spiro atoms.